The Bertz CT molecular complexity index is 454. The van der Waals surface area contributed by atoms with E-state index in [-0.39, 0.29) is 18.0 Å². The molecule has 0 saturated heterocycles. The molecule has 0 bridgehead atoms. The van der Waals surface area contributed by atoms with Gasteiger partial charge in [-0.2, -0.15) is 5.26 Å². The number of hydrogen-bond acceptors (Lipinski definition) is 4. The van der Waals surface area contributed by atoms with Crippen LogP contribution in [0.1, 0.15) is 12.0 Å². The van der Waals surface area contributed by atoms with Crippen molar-refractivity contribution in [3.8, 4) is 6.07 Å². The molecular weight excluding hydrogens is 223 g/mol. The first-order valence-corrected chi connectivity index (χ1v) is 5.06. The first-order chi connectivity index (χ1) is 8.08. The Balaban J connectivity index is 2.79. The lowest BCUT2D eigenvalue weighted by molar-refractivity contribution is -0.140. The van der Waals surface area contributed by atoms with E-state index in [2.05, 4.69) is 4.74 Å². The molecule has 1 rings (SSSR count). The molecule has 0 N–H and O–H groups in total. The number of carbonyl (C=O) groups excluding carboxylic acids is 1. The number of nitrogens with zero attached hydrogens (tertiary/aromatic N) is 2. The van der Waals surface area contributed by atoms with Gasteiger partial charge >= 0.3 is 5.97 Å². The Morgan fingerprint density at radius 1 is 1.59 bits per heavy atom. The molecule has 0 aromatic heterocycles. The predicted molar refractivity (Wildman–Crippen MR) is 61.0 cm³/mol. The number of hydrogen-bond donors (Lipinski definition) is 0. The summed E-state index contributed by atoms with van der Waals surface area (Å²) in [7, 11) is 3.05. The average molecular weight is 236 g/mol. The Morgan fingerprint density at radius 2 is 2.29 bits per heavy atom. The van der Waals surface area contributed by atoms with Crippen LogP contribution in [0, 0.1) is 17.1 Å². The van der Waals surface area contributed by atoms with Crippen LogP contribution in [-0.4, -0.2) is 26.7 Å². The molecule has 0 spiro atoms. The molecule has 0 radical (unpaired) electrons. The lowest BCUT2D eigenvalue weighted by Crippen LogP contribution is -2.22. The van der Waals surface area contributed by atoms with Crippen molar-refractivity contribution in [1.82, 2.24) is 0 Å². The zero-order chi connectivity index (χ0) is 12.8. The third kappa shape index (κ3) is 3.45. The SMILES string of the molecule is COC(=O)CCN(C)c1ccc(F)cc1C#N. The largest absolute Gasteiger partial charge is 0.469 e. The smallest absolute Gasteiger partial charge is 0.307 e. The van der Waals surface area contributed by atoms with Crippen LogP contribution in [0.3, 0.4) is 0 Å². The van der Waals surface area contributed by atoms with Crippen molar-refractivity contribution in [2.75, 3.05) is 25.6 Å². The summed E-state index contributed by atoms with van der Waals surface area (Å²) in [5, 5.41) is 8.88. The van der Waals surface area contributed by atoms with Gasteiger partial charge in [-0.3, -0.25) is 4.79 Å². The third-order valence-electron chi connectivity index (χ3n) is 2.37. The minimum Gasteiger partial charge on any atom is -0.469 e. The number of esters is 1. The number of benzene rings is 1. The molecule has 0 aliphatic rings. The fourth-order valence-electron chi connectivity index (χ4n) is 1.41. The maximum absolute atomic E-state index is 12.9. The van der Waals surface area contributed by atoms with Gasteiger partial charge < -0.3 is 9.64 Å². The van der Waals surface area contributed by atoms with Crippen LogP contribution in [0.5, 0.6) is 0 Å². The number of methoxy groups -OCH3 is 1. The highest BCUT2D eigenvalue weighted by Crippen LogP contribution is 2.19. The van der Waals surface area contributed by atoms with Crippen LogP contribution in [0.4, 0.5) is 10.1 Å². The third-order valence-corrected chi connectivity index (χ3v) is 2.37. The summed E-state index contributed by atoms with van der Waals surface area (Å²) in [6, 6.07) is 5.89. The number of halogens is 1. The first kappa shape index (κ1) is 13.0. The maximum Gasteiger partial charge on any atom is 0.307 e. The van der Waals surface area contributed by atoms with Gasteiger partial charge in [-0.05, 0) is 18.2 Å². The molecular formula is C12H13FN2O2. The standard InChI is InChI=1S/C12H13FN2O2/c1-15(6-5-12(16)17-2)11-4-3-10(13)7-9(11)8-14/h3-4,7H,5-6H2,1-2H3. The van der Waals surface area contributed by atoms with E-state index in [0.717, 1.165) is 0 Å². The molecule has 4 nitrogen and oxygen atoms in total. The molecule has 0 saturated carbocycles. The summed E-state index contributed by atoms with van der Waals surface area (Å²) in [6.07, 6.45) is 0.218. The summed E-state index contributed by atoms with van der Waals surface area (Å²) in [6.45, 7) is 0.410. The van der Waals surface area contributed by atoms with Crippen molar-refractivity contribution in [2.45, 2.75) is 6.42 Å². The highest BCUT2D eigenvalue weighted by molar-refractivity contribution is 5.70. The zero-order valence-corrected chi connectivity index (χ0v) is 9.74. The van der Waals surface area contributed by atoms with Gasteiger partial charge in [0.15, 0.2) is 0 Å². The second-order valence-electron chi connectivity index (χ2n) is 3.52. The van der Waals surface area contributed by atoms with Gasteiger partial charge in [0, 0.05) is 13.6 Å². The summed E-state index contributed by atoms with van der Waals surface area (Å²) >= 11 is 0. The van der Waals surface area contributed by atoms with Crippen LogP contribution in [-0.2, 0) is 9.53 Å². The molecule has 0 aliphatic carbocycles. The molecule has 0 unspecified atom stereocenters. The highest BCUT2D eigenvalue weighted by atomic mass is 19.1. The summed E-state index contributed by atoms with van der Waals surface area (Å²) < 4.78 is 17.4. The first-order valence-electron chi connectivity index (χ1n) is 5.06. The monoisotopic (exact) mass is 236 g/mol. The van der Waals surface area contributed by atoms with Gasteiger partial charge in [0.25, 0.3) is 0 Å². The lowest BCUT2D eigenvalue weighted by Gasteiger charge is -2.19. The number of anilines is 1. The zero-order valence-electron chi connectivity index (χ0n) is 9.74. The van der Waals surface area contributed by atoms with Crippen LogP contribution in [0.25, 0.3) is 0 Å². The Kier molecular flexibility index (Phi) is 4.46. The van der Waals surface area contributed by atoms with Gasteiger partial charge in [0.2, 0.25) is 0 Å². The van der Waals surface area contributed by atoms with E-state index < -0.39 is 5.82 Å². The molecule has 5 heteroatoms. The van der Waals surface area contributed by atoms with Crippen LogP contribution in [0.2, 0.25) is 0 Å². The molecule has 0 fully saturated rings. The molecule has 0 aliphatic heterocycles. The van der Waals surface area contributed by atoms with Crippen molar-refractivity contribution in [1.29, 1.82) is 5.26 Å². The topological polar surface area (TPSA) is 53.3 Å². The van der Waals surface area contributed by atoms with Gasteiger partial charge in [-0.15, -0.1) is 0 Å². The van der Waals surface area contributed by atoms with Crippen LogP contribution < -0.4 is 4.90 Å². The molecule has 17 heavy (non-hydrogen) atoms. The van der Waals surface area contributed by atoms with E-state index in [1.54, 1.807) is 11.9 Å². The fraction of sp³-hybridized carbons (Fsp3) is 0.333. The van der Waals surface area contributed by atoms with Gasteiger partial charge in [-0.1, -0.05) is 0 Å². The van der Waals surface area contributed by atoms with Gasteiger partial charge in [0.05, 0.1) is 24.8 Å². The number of ether oxygens (including phenoxy) is 1. The van der Waals surface area contributed by atoms with Crippen molar-refractivity contribution in [3.05, 3.63) is 29.6 Å². The summed E-state index contributed by atoms with van der Waals surface area (Å²) in [4.78, 5) is 12.7. The van der Waals surface area contributed by atoms with E-state index in [1.165, 1.54) is 25.3 Å². The van der Waals surface area contributed by atoms with E-state index >= 15 is 0 Å². The minimum atomic E-state index is -0.452. The van der Waals surface area contributed by atoms with Gasteiger partial charge in [-0.25, -0.2) is 4.39 Å². The van der Waals surface area contributed by atoms with Crippen molar-refractivity contribution in [2.24, 2.45) is 0 Å². The summed E-state index contributed by atoms with van der Waals surface area (Å²) in [5.41, 5.74) is 0.843. The Morgan fingerprint density at radius 3 is 2.88 bits per heavy atom. The van der Waals surface area contributed by atoms with E-state index in [4.69, 9.17) is 5.26 Å². The quantitative estimate of drug-likeness (QED) is 0.746. The highest BCUT2D eigenvalue weighted by Gasteiger charge is 2.10. The number of nitriles is 1. The van der Waals surface area contributed by atoms with Crippen LogP contribution in [0.15, 0.2) is 18.2 Å². The molecule has 1 aromatic carbocycles. The van der Waals surface area contributed by atoms with Crippen molar-refractivity contribution < 1.29 is 13.9 Å². The average Bonchev–Trinajstić information content (AvgIpc) is 2.35. The van der Waals surface area contributed by atoms with Gasteiger partial charge in [0.1, 0.15) is 11.9 Å². The lowest BCUT2D eigenvalue weighted by atomic mass is 10.1. The minimum absolute atomic E-state index is 0.218. The predicted octanol–water partition coefficient (Wildman–Crippen LogP) is 1.70. The number of carbonyl (C=O) groups is 1. The Labute approximate surface area is 99.2 Å². The molecule has 0 atom stereocenters. The second kappa shape index (κ2) is 5.85. The summed E-state index contributed by atoms with van der Waals surface area (Å²) in [5.74, 6) is -0.774. The molecule has 1 aromatic rings. The molecule has 0 heterocycles. The van der Waals surface area contributed by atoms with E-state index in [9.17, 15) is 9.18 Å². The molecule has 90 valence electrons. The maximum atomic E-state index is 12.9. The fourth-order valence-corrected chi connectivity index (χ4v) is 1.41. The van der Waals surface area contributed by atoms with Crippen molar-refractivity contribution >= 4 is 11.7 Å². The Hall–Kier alpha value is -2.09. The normalized spacial score (nSPS) is 9.53. The van der Waals surface area contributed by atoms with Crippen molar-refractivity contribution in [3.63, 3.8) is 0 Å². The molecule has 0 amide bonds. The number of rotatable bonds is 4. The second-order valence-corrected chi connectivity index (χ2v) is 3.52. The van der Waals surface area contributed by atoms with Crippen LogP contribution >= 0.6 is 0 Å². The van der Waals surface area contributed by atoms with E-state index in [0.29, 0.717) is 12.2 Å². The van der Waals surface area contributed by atoms with E-state index in [1.807, 2.05) is 6.07 Å².